The topological polar surface area (TPSA) is 125 Å². The highest BCUT2D eigenvalue weighted by molar-refractivity contribution is 6.29. The molecule has 4 aromatic rings. The maximum Gasteiger partial charge on any atom is 0.294 e. The third-order valence-corrected chi connectivity index (χ3v) is 6.87. The zero-order valence-electron chi connectivity index (χ0n) is 20.1. The molecule has 3 aromatic heterocycles. The molecule has 4 heterocycles. The van der Waals surface area contributed by atoms with E-state index in [1.807, 2.05) is 42.5 Å². The lowest BCUT2D eigenvalue weighted by molar-refractivity contribution is -0.127. The van der Waals surface area contributed by atoms with Gasteiger partial charge in [-0.25, -0.2) is 9.97 Å². The standard InChI is InChI=1S/C26H26ClN7O3/c1-16(35)33-13-20(18-5-3-2-4-6-18)21(14-33)32-25-26(37)34(22(27)12-31-25)15-23(36)29-10-17-9-19-7-8-28-24(19)30-11-17/h2-9,11-12,20-21H,10,13-15H2,1H3,(H,28,30)(H,29,36)(H,31,32)/t20-,21+/m0/s1. The summed E-state index contributed by atoms with van der Waals surface area (Å²) >= 11 is 6.25. The third kappa shape index (κ3) is 5.34. The number of carbonyl (C=O) groups is 2. The molecule has 5 rings (SSSR count). The maximum absolute atomic E-state index is 13.2. The van der Waals surface area contributed by atoms with E-state index in [4.69, 9.17) is 11.6 Å². The molecule has 0 aliphatic carbocycles. The number of nitrogens with zero attached hydrogens (tertiary/aromatic N) is 4. The zero-order chi connectivity index (χ0) is 25.9. The molecule has 11 heteroatoms. The van der Waals surface area contributed by atoms with Crippen LogP contribution in [0, 0.1) is 0 Å². The van der Waals surface area contributed by atoms with Crippen LogP contribution in [-0.2, 0) is 22.7 Å². The summed E-state index contributed by atoms with van der Waals surface area (Å²) in [6.07, 6.45) is 4.83. The fourth-order valence-corrected chi connectivity index (χ4v) is 4.80. The van der Waals surface area contributed by atoms with E-state index in [1.165, 1.54) is 17.7 Å². The molecule has 0 spiro atoms. The lowest BCUT2D eigenvalue weighted by Crippen LogP contribution is -2.37. The van der Waals surface area contributed by atoms with Crippen LogP contribution >= 0.6 is 11.6 Å². The van der Waals surface area contributed by atoms with E-state index in [2.05, 4.69) is 25.6 Å². The fraction of sp³-hybridized carbons (Fsp3) is 0.269. The molecule has 3 N–H and O–H groups in total. The molecule has 1 aromatic carbocycles. The summed E-state index contributed by atoms with van der Waals surface area (Å²) in [6.45, 7) is 2.49. The summed E-state index contributed by atoms with van der Waals surface area (Å²) in [6, 6.07) is 13.4. The number of rotatable bonds is 7. The molecule has 0 bridgehead atoms. The van der Waals surface area contributed by atoms with E-state index < -0.39 is 5.56 Å². The van der Waals surface area contributed by atoms with Gasteiger partial charge >= 0.3 is 0 Å². The fourth-order valence-electron chi connectivity index (χ4n) is 4.62. The Balaban J connectivity index is 1.30. The SMILES string of the molecule is CC(=O)N1C[C@@H](Nc2ncc(Cl)n(CC(=O)NCc3cnc4[nH]ccc4c3)c2=O)[C@H](c2ccccc2)C1. The van der Waals surface area contributed by atoms with Gasteiger partial charge in [0, 0.05) is 50.3 Å². The summed E-state index contributed by atoms with van der Waals surface area (Å²) in [7, 11) is 0. The zero-order valence-corrected chi connectivity index (χ0v) is 20.9. The van der Waals surface area contributed by atoms with Gasteiger partial charge in [-0.1, -0.05) is 41.9 Å². The number of halogens is 1. The summed E-state index contributed by atoms with van der Waals surface area (Å²) in [5.74, 6) is -0.351. The van der Waals surface area contributed by atoms with Crippen molar-refractivity contribution in [3.63, 3.8) is 0 Å². The number of nitrogens with one attached hydrogen (secondary N) is 3. The molecule has 1 fully saturated rings. The second kappa shape index (κ2) is 10.4. The molecule has 10 nitrogen and oxygen atoms in total. The van der Waals surface area contributed by atoms with Gasteiger partial charge in [0.15, 0.2) is 5.82 Å². The molecule has 2 atom stereocenters. The van der Waals surface area contributed by atoms with Gasteiger partial charge in [-0.05, 0) is 23.3 Å². The monoisotopic (exact) mass is 519 g/mol. The molecule has 1 aliphatic rings. The van der Waals surface area contributed by atoms with Gasteiger partial charge in [0.05, 0.1) is 12.2 Å². The van der Waals surface area contributed by atoms with Gasteiger partial charge in [0.2, 0.25) is 11.8 Å². The normalized spacial score (nSPS) is 17.2. The Bertz CT molecular complexity index is 1500. The highest BCUT2D eigenvalue weighted by Crippen LogP contribution is 2.29. The predicted octanol–water partition coefficient (Wildman–Crippen LogP) is 2.52. The summed E-state index contributed by atoms with van der Waals surface area (Å²) in [5.41, 5.74) is 2.16. The number of hydrogen-bond donors (Lipinski definition) is 3. The number of anilines is 1. The van der Waals surface area contributed by atoms with Crippen LogP contribution in [0.1, 0.15) is 24.0 Å². The van der Waals surface area contributed by atoms with E-state index in [1.54, 1.807) is 17.3 Å². The summed E-state index contributed by atoms with van der Waals surface area (Å²) in [4.78, 5) is 51.3. The van der Waals surface area contributed by atoms with Crippen molar-refractivity contribution in [2.75, 3.05) is 18.4 Å². The van der Waals surface area contributed by atoms with Crippen molar-refractivity contribution in [2.45, 2.75) is 32.0 Å². The molecule has 0 saturated carbocycles. The van der Waals surface area contributed by atoms with Gasteiger partial charge < -0.3 is 20.5 Å². The van der Waals surface area contributed by atoms with Crippen molar-refractivity contribution in [3.05, 3.63) is 87.7 Å². The van der Waals surface area contributed by atoms with Gasteiger partial charge in [-0.15, -0.1) is 0 Å². The van der Waals surface area contributed by atoms with Crippen molar-refractivity contribution in [3.8, 4) is 0 Å². The van der Waals surface area contributed by atoms with Crippen molar-refractivity contribution < 1.29 is 9.59 Å². The van der Waals surface area contributed by atoms with E-state index in [0.29, 0.717) is 13.1 Å². The minimum Gasteiger partial charge on any atom is -0.360 e. The largest absolute Gasteiger partial charge is 0.360 e. The van der Waals surface area contributed by atoms with E-state index >= 15 is 0 Å². The molecule has 37 heavy (non-hydrogen) atoms. The molecule has 0 unspecified atom stereocenters. The Morgan fingerprint density at radius 1 is 1.14 bits per heavy atom. The number of hydrogen-bond acceptors (Lipinski definition) is 6. The average Bonchev–Trinajstić information content (AvgIpc) is 3.54. The Labute approximate surface area is 217 Å². The first-order chi connectivity index (χ1) is 17.9. The molecule has 0 radical (unpaired) electrons. The number of likely N-dealkylation sites (tertiary alicyclic amines) is 1. The Morgan fingerprint density at radius 2 is 1.95 bits per heavy atom. The van der Waals surface area contributed by atoms with Crippen molar-refractivity contribution in [2.24, 2.45) is 0 Å². The number of aromatic amines is 1. The molecular formula is C26H26ClN7O3. The van der Waals surface area contributed by atoms with Gasteiger partial charge in [0.1, 0.15) is 17.3 Å². The second-order valence-corrected chi connectivity index (χ2v) is 9.44. The van der Waals surface area contributed by atoms with Gasteiger partial charge in [0.25, 0.3) is 5.56 Å². The van der Waals surface area contributed by atoms with Crippen molar-refractivity contribution in [1.82, 2.24) is 29.7 Å². The van der Waals surface area contributed by atoms with Crippen LogP contribution < -0.4 is 16.2 Å². The van der Waals surface area contributed by atoms with Crippen LogP contribution in [0.25, 0.3) is 11.0 Å². The van der Waals surface area contributed by atoms with E-state index in [-0.39, 0.29) is 47.8 Å². The van der Waals surface area contributed by atoms with Gasteiger partial charge in [-0.2, -0.15) is 0 Å². The van der Waals surface area contributed by atoms with Crippen LogP contribution in [0.3, 0.4) is 0 Å². The Kier molecular flexibility index (Phi) is 6.91. The lowest BCUT2D eigenvalue weighted by Gasteiger charge is -2.20. The van der Waals surface area contributed by atoms with Crippen LogP contribution in [0.2, 0.25) is 5.15 Å². The minimum atomic E-state index is -0.508. The first-order valence-corrected chi connectivity index (χ1v) is 12.3. The van der Waals surface area contributed by atoms with Crippen molar-refractivity contribution in [1.29, 1.82) is 0 Å². The second-order valence-electron chi connectivity index (χ2n) is 9.05. The van der Waals surface area contributed by atoms with Crippen molar-refractivity contribution >= 4 is 40.3 Å². The molecular weight excluding hydrogens is 494 g/mol. The van der Waals surface area contributed by atoms with Gasteiger partial charge in [-0.3, -0.25) is 19.0 Å². The number of H-pyrrole nitrogens is 1. The summed E-state index contributed by atoms with van der Waals surface area (Å²) < 4.78 is 1.18. The predicted molar refractivity (Wildman–Crippen MR) is 140 cm³/mol. The molecule has 190 valence electrons. The highest BCUT2D eigenvalue weighted by atomic mass is 35.5. The highest BCUT2D eigenvalue weighted by Gasteiger charge is 2.35. The minimum absolute atomic E-state index is 0.0234. The van der Waals surface area contributed by atoms with Crippen LogP contribution in [0.15, 0.2) is 65.8 Å². The smallest absolute Gasteiger partial charge is 0.294 e. The number of fused-ring (bicyclic) bond motifs is 1. The van der Waals surface area contributed by atoms with Crippen LogP contribution in [0.4, 0.5) is 5.82 Å². The molecule has 1 saturated heterocycles. The number of benzene rings is 1. The quantitative estimate of drug-likeness (QED) is 0.344. The summed E-state index contributed by atoms with van der Waals surface area (Å²) in [5, 5.41) is 7.02. The number of aromatic nitrogens is 4. The van der Waals surface area contributed by atoms with Crippen LogP contribution in [-0.4, -0.2) is 55.4 Å². The molecule has 2 amide bonds. The first kappa shape index (κ1) is 24.5. The van der Waals surface area contributed by atoms with E-state index in [9.17, 15) is 14.4 Å². The first-order valence-electron chi connectivity index (χ1n) is 11.9. The Hall–Kier alpha value is -4.18. The number of carbonyl (C=O) groups excluding carboxylic acids is 2. The average molecular weight is 520 g/mol. The third-order valence-electron chi connectivity index (χ3n) is 6.57. The Morgan fingerprint density at radius 3 is 2.73 bits per heavy atom. The van der Waals surface area contributed by atoms with Crippen LogP contribution in [0.5, 0.6) is 0 Å². The van der Waals surface area contributed by atoms with E-state index in [0.717, 1.165) is 22.2 Å². The molecule has 1 aliphatic heterocycles. The number of pyridine rings is 1. The number of amides is 2. The maximum atomic E-state index is 13.2. The lowest BCUT2D eigenvalue weighted by atomic mass is 9.94.